The van der Waals surface area contributed by atoms with E-state index < -0.39 is 4.92 Å². The Labute approximate surface area is 85.8 Å². The number of benzene rings is 1. The molecule has 0 saturated heterocycles. The average molecular weight is 213 g/mol. The van der Waals surface area contributed by atoms with Crippen LogP contribution in [0.5, 0.6) is 0 Å². The SMILES string of the molecule is NC1CCc2c1ccc(Cl)c2[N+](=O)[O-]. The molecule has 0 aliphatic heterocycles. The van der Waals surface area contributed by atoms with Crippen molar-refractivity contribution >= 4 is 17.3 Å². The predicted molar refractivity (Wildman–Crippen MR) is 53.4 cm³/mol. The molecule has 0 aromatic heterocycles. The van der Waals surface area contributed by atoms with E-state index in [0.29, 0.717) is 12.0 Å². The molecule has 5 heteroatoms. The van der Waals surface area contributed by atoms with Crippen LogP contribution in [0.4, 0.5) is 5.69 Å². The topological polar surface area (TPSA) is 69.2 Å². The van der Waals surface area contributed by atoms with E-state index in [2.05, 4.69) is 0 Å². The first-order valence-corrected chi connectivity index (χ1v) is 4.70. The van der Waals surface area contributed by atoms with Gasteiger partial charge in [-0.1, -0.05) is 17.7 Å². The highest BCUT2D eigenvalue weighted by Crippen LogP contribution is 2.39. The highest BCUT2D eigenvalue weighted by atomic mass is 35.5. The quantitative estimate of drug-likeness (QED) is 0.573. The van der Waals surface area contributed by atoms with Crippen LogP contribution in [0, 0.1) is 10.1 Å². The number of nitrogens with zero attached hydrogens (tertiary/aromatic N) is 1. The van der Waals surface area contributed by atoms with E-state index in [1.807, 2.05) is 0 Å². The Balaban J connectivity index is 2.65. The van der Waals surface area contributed by atoms with E-state index in [1.54, 1.807) is 12.1 Å². The fraction of sp³-hybridized carbons (Fsp3) is 0.333. The van der Waals surface area contributed by atoms with Crippen LogP contribution in [-0.2, 0) is 6.42 Å². The zero-order valence-electron chi connectivity index (χ0n) is 7.37. The molecule has 0 heterocycles. The van der Waals surface area contributed by atoms with Crippen molar-refractivity contribution in [2.24, 2.45) is 5.73 Å². The summed E-state index contributed by atoms with van der Waals surface area (Å²) in [6, 6.07) is 3.24. The third-order valence-corrected chi connectivity index (χ3v) is 2.86. The molecule has 1 aromatic carbocycles. The zero-order valence-corrected chi connectivity index (χ0v) is 8.12. The summed E-state index contributed by atoms with van der Waals surface area (Å²) in [7, 11) is 0. The van der Waals surface area contributed by atoms with Gasteiger partial charge in [-0.3, -0.25) is 10.1 Å². The highest BCUT2D eigenvalue weighted by Gasteiger charge is 2.29. The molecule has 74 valence electrons. The van der Waals surface area contributed by atoms with Gasteiger partial charge in [0.15, 0.2) is 0 Å². The molecule has 14 heavy (non-hydrogen) atoms. The lowest BCUT2D eigenvalue weighted by Gasteiger charge is -2.05. The van der Waals surface area contributed by atoms with Gasteiger partial charge in [0.1, 0.15) is 5.02 Å². The van der Waals surface area contributed by atoms with Crippen molar-refractivity contribution < 1.29 is 4.92 Å². The molecule has 0 bridgehead atoms. The van der Waals surface area contributed by atoms with Crippen LogP contribution in [0.25, 0.3) is 0 Å². The number of halogens is 1. The van der Waals surface area contributed by atoms with Crippen LogP contribution in [0.15, 0.2) is 12.1 Å². The Morgan fingerprint density at radius 2 is 2.29 bits per heavy atom. The lowest BCUT2D eigenvalue weighted by molar-refractivity contribution is -0.385. The second-order valence-corrected chi connectivity index (χ2v) is 3.77. The normalized spacial score (nSPS) is 19.4. The number of hydrogen-bond donors (Lipinski definition) is 1. The van der Waals surface area contributed by atoms with Crippen molar-refractivity contribution in [3.63, 3.8) is 0 Å². The van der Waals surface area contributed by atoms with Crippen molar-refractivity contribution in [1.29, 1.82) is 0 Å². The second-order valence-electron chi connectivity index (χ2n) is 3.37. The number of nitro benzene ring substituents is 1. The summed E-state index contributed by atoms with van der Waals surface area (Å²) in [5, 5.41) is 11.0. The molecule has 4 nitrogen and oxygen atoms in total. The summed E-state index contributed by atoms with van der Waals surface area (Å²) >= 11 is 5.77. The van der Waals surface area contributed by atoms with Crippen LogP contribution in [0.2, 0.25) is 5.02 Å². The van der Waals surface area contributed by atoms with E-state index in [4.69, 9.17) is 17.3 Å². The van der Waals surface area contributed by atoms with E-state index in [9.17, 15) is 10.1 Å². The maximum absolute atomic E-state index is 10.8. The van der Waals surface area contributed by atoms with Crippen molar-refractivity contribution in [2.45, 2.75) is 18.9 Å². The number of hydrogen-bond acceptors (Lipinski definition) is 3. The standard InChI is InChI=1S/C9H9ClN2O2/c10-7-3-1-5-6(2-4-8(5)11)9(7)12(13)14/h1,3,8H,2,4,11H2. The Bertz CT molecular complexity index is 406. The number of fused-ring (bicyclic) bond motifs is 1. The zero-order chi connectivity index (χ0) is 10.3. The van der Waals surface area contributed by atoms with Crippen molar-refractivity contribution in [1.82, 2.24) is 0 Å². The molecule has 0 saturated carbocycles. The Kier molecular flexibility index (Phi) is 2.17. The van der Waals surface area contributed by atoms with Gasteiger partial charge in [0, 0.05) is 11.6 Å². The fourth-order valence-corrected chi connectivity index (χ4v) is 2.13. The highest BCUT2D eigenvalue weighted by molar-refractivity contribution is 6.32. The molecule has 2 rings (SSSR count). The molecular formula is C9H9ClN2O2. The van der Waals surface area contributed by atoms with E-state index >= 15 is 0 Å². The Hall–Kier alpha value is -1.13. The maximum atomic E-state index is 10.8. The average Bonchev–Trinajstić information content (AvgIpc) is 2.47. The van der Waals surface area contributed by atoms with Crippen LogP contribution in [0.3, 0.4) is 0 Å². The van der Waals surface area contributed by atoms with E-state index in [1.165, 1.54) is 0 Å². The van der Waals surface area contributed by atoms with Gasteiger partial charge in [-0.2, -0.15) is 0 Å². The molecule has 0 radical (unpaired) electrons. The first kappa shape index (κ1) is 9.43. The van der Waals surface area contributed by atoms with Crippen molar-refractivity contribution in [3.05, 3.63) is 38.4 Å². The fourth-order valence-electron chi connectivity index (χ4n) is 1.89. The molecule has 0 spiro atoms. The molecule has 1 unspecified atom stereocenters. The third kappa shape index (κ3) is 1.27. The number of nitro groups is 1. The minimum absolute atomic E-state index is 0.0251. The van der Waals surface area contributed by atoms with Gasteiger partial charge >= 0.3 is 0 Å². The number of rotatable bonds is 1. The van der Waals surface area contributed by atoms with Crippen LogP contribution in [-0.4, -0.2) is 4.92 Å². The van der Waals surface area contributed by atoms with Gasteiger partial charge in [-0.05, 0) is 24.5 Å². The van der Waals surface area contributed by atoms with Gasteiger partial charge < -0.3 is 5.73 Å². The van der Waals surface area contributed by atoms with Gasteiger partial charge in [0.05, 0.1) is 4.92 Å². The van der Waals surface area contributed by atoms with Crippen molar-refractivity contribution in [2.75, 3.05) is 0 Å². The van der Waals surface area contributed by atoms with Gasteiger partial charge in [-0.15, -0.1) is 0 Å². The third-order valence-electron chi connectivity index (χ3n) is 2.56. The second kappa shape index (κ2) is 3.22. The molecule has 0 amide bonds. The lowest BCUT2D eigenvalue weighted by Crippen LogP contribution is -2.05. The van der Waals surface area contributed by atoms with Gasteiger partial charge in [0.25, 0.3) is 5.69 Å². The van der Waals surface area contributed by atoms with Crippen LogP contribution in [0.1, 0.15) is 23.6 Å². The molecular weight excluding hydrogens is 204 g/mol. The van der Waals surface area contributed by atoms with Crippen LogP contribution < -0.4 is 5.73 Å². The minimum atomic E-state index is -0.431. The molecule has 2 N–H and O–H groups in total. The smallest absolute Gasteiger partial charge is 0.291 e. The maximum Gasteiger partial charge on any atom is 0.291 e. The summed E-state index contributed by atoms with van der Waals surface area (Å²) < 4.78 is 0. The summed E-state index contributed by atoms with van der Waals surface area (Å²) in [6.07, 6.45) is 1.41. The van der Waals surface area contributed by atoms with Crippen molar-refractivity contribution in [3.8, 4) is 0 Å². The summed E-state index contributed by atoms with van der Waals surface area (Å²) in [5.41, 5.74) is 7.39. The van der Waals surface area contributed by atoms with Gasteiger partial charge in [-0.25, -0.2) is 0 Å². The predicted octanol–water partition coefficient (Wildman–Crippen LogP) is 2.19. The lowest BCUT2D eigenvalue weighted by atomic mass is 10.1. The molecule has 1 aliphatic rings. The Morgan fingerprint density at radius 3 is 2.93 bits per heavy atom. The number of nitrogens with two attached hydrogens (primary N) is 1. The molecule has 1 aliphatic carbocycles. The molecule has 1 atom stereocenters. The first-order valence-electron chi connectivity index (χ1n) is 4.32. The minimum Gasteiger partial charge on any atom is -0.324 e. The van der Waals surface area contributed by atoms with E-state index in [-0.39, 0.29) is 16.8 Å². The largest absolute Gasteiger partial charge is 0.324 e. The first-order chi connectivity index (χ1) is 6.61. The molecule has 0 fully saturated rings. The summed E-state index contributed by atoms with van der Waals surface area (Å²) in [5.74, 6) is 0. The summed E-state index contributed by atoms with van der Waals surface area (Å²) in [6.45, 7) is 0. The van der Waals surface area contributed by atoms with Gasteiger partial charge in [0.2, 0.25) is 0 Å². The van der Waals surface area contributed by atoms with Crippen LogP contribution >= 0.6 is 11.6 Å². The molecule has 1 aromatic rings. The monoisotopic (exact) mass is 212 g/mol. The summed E-state index contributed by atoms with van der Waals surface area (Å²) in [4.78, 5) is 10.3. The Morgan fingerprint density at radius 1 is 1.57 bits per heavy atom. The van der Waals surface area contributed by atoms with E-state index in [0.717, 1.165) is 12.0 Å².